The number of benzene rings is 3. The fourth-order valence-electron chi connectivity index (χ4n) is 3.44. The highest BCUT2D eigenvalue weighted by molar-refractivity contribution is 6.01. The highest BCUT2D eigenvalue weighted by Gasteiger charge is 2.26. The van der Waals surface area contributed by atoms with Crippen molar-refractivity contribution in [2.24, 2.45) is 0 Å². The van der Waals surface area contributed by atoms with Crippen LogP contribution in [0.15, 0.2) is 84.9 Å². The van der Waals surface area contributed by atoms with Gasteiger partial charge in [0.05, 0.1) is 11.4 Å². The molecule has 9 heteroatoms. The molecule has 3 rings (SSSR count). The van der Waals surface area contributed by atoms with Gasteiger partial charge in [-0.15, -0.1) is 0 Å². The summed E-state index contributed by atoms with van der Waals surface area (Å²) < 4.78 is 11.5. The van der Waals surface area contributed by atoms with Gasteiger partial charge in [0, 0.05) is 23.9 Å². The molecule has 3 aromatic rings. The minimum absolute atomic E-state index is 0.0424. The average molecular weight is 504 g/mol. The second-order valence-corrected chi connectivity index (χ2v) is 8.03. The van der Waals surface area contributed by atoms with Gasteiger partial charge in [-0.25, -0.2) is 4.79 Å². The summed E-state index contributed by atoms with van der Waals surface area (Å²) in [4.78, 5) is 36.8. The Hall–Kier alpha value is -4.63. The summed E-state index contributed by atoms with van der Waals surface area (Å²) in [6.07, 6.45) is 0.210. The lowest BCUT2D eigenvalue weighted by molar-refractivity contribution is -0.112. The third kappa shape index (κ3) is 7.94. The number of nitrogens with two attached hydrogens (primary N) is 1. The maximum atomic E-state index is 12.8. The molecule has 0 aliphatic heterocycles. The molecule has 0 spiro atoms. The second-order valence-electron chi connectivity index (χ2n) is 8.03. The van der Waals surface area contributed by atoms with E-state index >= 15 is 0 Å². The third-order valence-electron chi connectivity index (χ3n) is 5.31. The maximum absolute atomic E-state index is 12.8. The summed E-state index contributed by atoms with van der Waals surface area (Å²) in [6.45, 7) is 3.50. The molecule has 2 amide bonds. The Morgan fingerprint density at radius 1 is 0.973 bits per heavy atom. The number of ether oxygens (including phenoxy) is 2. The van der Waals surface area contributed by atoms with E-state index in [0.29, 0.717) is 28.2 Å². The number of hydrogen-bond donors (Lipinski definition) is 4. The number of ketones is 1. The fourth-order valence-corrected chi connectivity index (χ4v) is 3.44. The summed E-state index contributed by atoms with van der Waals surface area (Å²) >= 11 is 0. The fraction of sp³-hybridized carbons (Fsp3) is 0.179. The molecule has 192 valence electrons. The molecule has 0 fully saturated rings. The Bertz CT molecular complexity index is 1260. The van der Waals surface area contributed by atoms with Crippen LogP contribution in [0.1, 0.15) is 35.9 Å². The number of nitrogens with one attached hydrogen (secondary N) is 2. The van der Waals surface area contributed by atoms with Gasteiger partial charge in [0.25, 0.3) is 0 Å². The smallest absolute Gasteiger partial charge is 0.412 e. The Kier molecular flexibility index (Phi) is 9.40. The van der Waals surface area contributed by atoms with Crippen LogP contribution in [0.3, 0.4) is 0 Å². The number of rotatable bonds is 10. The van der Waals surface area contributed by atoms with Gasteiger partial charge in [0.2, 0.25) is 5.91 Å². The summed E-state index contributed by atoms with van der Waals surface area (Å²) in [6, 6.07) is 19.3. The molecule has 37 heavy (non-hydrogen) atoms. The number of Topliss-reactive ketones (excluding diaryl/α,β-unsaturated/α-hetero) is 1. The van der Waals surface area contributed by atoms with Crippen LogP contribution in [0.4, 0.5) is 21.9 Å². The molecule has 0 saturated carbocycles. The van der Waals surface area contributed by atoms with E-state index in [0.717, 1.165) is 0 Å². The molecule has 9 nitrogen and oxygen atoms in total. The third-order valence-corrected chi connectivity index (χ3v) is 5.31. The zero-order valence-electron chi connectivity index (χ0n) is 20.5. The van der Waals surface area contributed by atoms with Crippen LogP contribution >= 0.6 is 0 Å². The van der Waals surface area contributed by atoms with Gasteiger partial charge in [-0.1, -0.05) is 24.3 Å². The van der Waals surface area contributed by atoms with Crippen LogP contribution in [-0.4, -0.2) is 35.6 Å². The number of carbonyl (C=O) groups excluding carboxylic acids is 3. The molecule has 0 bridgehead atoms. The van der Waals surface area contributed by atoms with E-state index in [-0.39, 0.29) is 18.1 Å². The molecule has 0 aromatic heterocycles. The average Bonchev–Trinajstić information content (AvgIpc) is 2.87. The van der Waals surface area contributed by atoms with Gasteiger partial charge in [0.1, 0.15) is 11.9 Å². The summed E-state index contributed by atoms with van der Waals surface area (Å²) in [7, 11) is 0. The van der Waals surface area contributed by atoms with Crippen molar-refractivity contribution >= 4 is 34.8 Å². The lowest BCUT2D eigenvalue weighted by Gasteiger charge is -2.25. The van der Waals surface area contributed by atoms with Crippen LogP contribution in [-0.2, 0) is 14.3 Å². The molecule has 0 aliphatic rings. The van der Waals surface area contributed by atoms with E-state index in [1.54, 1.807) is 67.6 Å². The number of phenols is 1. The minimum Gasteiger partial charge on any atom is -0.508 e. The van der Waals surface area contributed by atoms with Gasteiger partial charge in [-0.3, -0.25) is 14.9 Å². The van der Waals surface area contributed by atoms with Crippen LogP contribution < -0.4 is 16.4 Å². The number of amides is 2. The van der Waals surface area contributed by atoms with Gasteiger partial charge < -0.3 is 25.6 Å². The van der Waals surface area contributed by atoms with Crippen molar-refractivity contribution in [2.75, 3.05) is 23.0 Å². The molecule has 0 saturated heterocycles. The van der Waals surface area contributed by atoms with Crippen molar-refractivity contribution in [3.05, 3.63) is 96.1 Å². The first-order valence-corrected chi connectivity index (χ1v) is 11.6. The Morgan fingerprint density at radius 2 is 1.65 bits per heavy atom. The van der Waals surface area contributed by atoms with Crippen molar-refractivity contribution in [1.29, 1.82) is 0 Å². The Morgan fingerprint density at radius 3 is 2.27 bits per heavy atom. The number of para-hydroxylation sites is 2. The van der Waals surface area contributed by atoms with Crippen molar-refractivity contribution in [3.63, 3.8) is 0 Å². The number of phenolic OH excluding ortho intramolecular Hbond substituents is 1. The van der Waals surface area contributed by atoms with Gasteiger partial charge in [0.15, 0.2) is 11.9 Å². The van der Waals surface area contributed by atoms with Crippen LogP contribution in [0.2, 0.25) is 0 Å². The zero-order chi connectivity index (χ0) is 26.8. The lowest BCUT2D eigenvalue weighted by atomic mass is 10.0. The predicted octanol–water partition coefficient (Wildman–Crippen LogP) is 5.07. The van der Waals surface area contributed by atoms with E-state index < -0.39 is 24.2 Å². The van der Waals surface area contributed by atoms with Crippen LogP contribution in [0.25, 0.3) is 0 Å². The molecule has 0 unspecified atom stereocenters. The highest BCUT2D eigenvalue weighted by Crippen LogP contribution is 2.27. The molecule has 2 atom stereocenters. The number of hydrogen-bond acceptors (Lipinski definition) is 7. The first kappa shape index (κ1) is 27.0. The standard InChI is InChI=1S/C28H29N3O6/c1-3-36-25(16-17-26(34)31-24-7-5-4-6-23(24)29)27(20-10-14-22(33)15-11-20)37-28(35)30-21-12-8-19(9-13-21)18(2)32/h4-17,25,27,33H,3,29H2,1-2H3,(H,30,35)(H,31,34)/b17-16+/t25-,27-/m1/s1. The number of aromatic hydroxyl groups is 1. The van der Waals surface area contributed by atoms with E-state index in [1.165, 1.54) is 31.2 Å². The van der Waals surface area contributed by atoms with E-state index in [2.05, 4.69) is 10.6 Å². The molecule has 0 heterocycles. The highest BCUT2D eigenvalue weighted by atomic mass is 16.6. The predicted molar refractivity (Wildman–Crippen MR) is 141 cm³/mol. The van der Waals surface area contributed by atoms with E-state index in [9.17, 15) is 19.5 Å². The number of nitrogen functional groups attached to an aromatic ring is 1. The molecule has 5 N–H and O–H groups in total. The second kappa shape index (κ2) is 12.9. The Labute approximate surface area is 214 Å². The normalized spacial score (nSPS) is 12.5. The summed E-state index contributed by atoms with van der Waals surface area (Å²) in [5.41, 5.74) is 8.25. The van der Waals surface area contributed by atoms with Crippen LogP contribution in [0.5, 0.6) is 5.75 Å². The first-order valence-electron chi connectivity index (χ1n) is 11.6. The summed E-state index contributed by atoms with van der Waals surface area (Å²) in [5.74, 6) is -0.491. The first-order chi connectivity index (χ1) is 17.8. The summed E-state index contributed by atoms with van der Waals surface area (Å²) in [5, 5.41) is 15.0. The molecular formula is C28H29N3O6. The maximum Gasteiger partial charge on any atom is 0.412 e. The van der Waals surface area contributed by atoms with Gasteiger partial charge in [-0.2, -0.15) is 0 Å². The lowest BCUT2D eigenvalue weighted by Crippen LogP contribution is -2.28. The molecular weight excluding hydrogens is 474 g/mol. The minimum atomic E-state index is -0.956. The van der Waals surface area contributed by atoms with Crippen molar-refractivity contribution in [2.45, 2.75) is 26.1 Å². The van der Waals surface area contributed by atoms with Crippen LogP contribution in [0, 0.1) is 0 Å². The SMILES string of the molecule is CCO[C@H](/C=C/C(=O)Nc1ccccc1N)[C@H](OC(=O)Nc1ccc(C(C)=O)cc1)c1ccc(O)cc1. The monoisotopic (exact) mass is 503 g/mol. The molecule has 0 aliphatic carbocycles. The topological polar surface area (TPSA) is 140 Å². The van der Waals surface area contributed by atoms with Gasteiger partial charge in [-0.05, 0) is 74.0 Å². The zero-order valence-corrected chi connectivity index (χ0v) is 20.5. The van der Waals surface area contributed by atoms with Crippen molar-refractivity contribution in [3.8, 4) is 5.75 Å². The number of carbonyl (C=O) groups is 3. The van der Waals surface area contributed by atoms with E-state index in [1.807, 2.05) is 0 Å². The van der Waals surface area contributed by atoms with E-state index in [4.69, 9.17) is 15.2 Å². The molecule has 0 radical (unpaired) electrons. The number of anilines is 3. The van der Waals surface area contributed by atoms with Gasteiger partial charge >= 0.3 is 6.09 Å². The largest absolute Gasteiger partial charge is 0.508 e. The van der Waals surface area contributed by atoms with Crippen molar-refractivity contribution in [1.82, 2.24) is 0 Å². The quantitative estimate of drug-likeness (QED) is 0.172. The molecule has 3 aromatic carbocycles. The Balaban J connectivity index is 1.80. The van der Waals surface area contributed by atoms with Crippen molar-refractivity contribution < 1.29 is 29.0 Å².